The topological polar surface area (TPSA) is 88.8 Å². The summed E-state index contributed by atoms with van der Waals surface area (Å²) in [5.41, 5.74) is 7.99. The highest BCUT2D eigenvalue weighted by Crippen LogP contribution is 2.10. The van der Waals surface area contributed by atoms with E-state index in [1.165, 1.54) is 0 Å². The van der Waals surface area contributed by atoms with E-state index in [1.54, 1.807) is 19.1 Å². The second-order valence-corrected chi connectivity index (χ2v) is 4.05. The highest BCUT2D eigenvalue weighted by molar-refractivity contribution is 5.74. The number of nitrogens with one attached hydrogen (secondary N) is 1. The van der Waals surface area contributed by atoms with E-state index in [2.05, 4.69) is 9.97 Å². The normalized spacial score (nSPS) is 10.3. The van der Waals surface area contributed by atoms with Gasteiger partial charge in [0.1, 0.15) is 6.29 Å². The number of nitrogens with two attached hydrogens (primary N) is 1. The number of carbonyl (C=O) groups excluding carboxylic acids is 1. The van der Waals surface area contributed by atoms with E-state index in [0.717, 1.165) is 11.8 Å². The molecular weight excluding hydrogens is 230 g/mol. The molecule has 3 N–H and O–H groups in total. The van der Waals surface area contributed by atoms with E-state index in [0.29, 0.717) is 23.2 Å². The first kappa shape index (κ1) is 12.0. The predicted octanol–water partition coefficient (Wildman–Crippen LogP) is 1.06. The van der Waals surface area contributed by atoms with Crippen molar-refractivity contribution < 1.29 is 4.79 Å². The van der Waals surface area contributed by atoms with Crippen LogP contribution in [0.2, 0.25) is 0 Å². The molecule has 0 aliphatic heterocycles. The number of carbonyl (C=O) groups is 1. The van der Waals surface area contributed by atoms with E-state index in [9.17, 15) is 9.59 Å². The van der Waals surface area contributed by atoms with Crippen molar-refractivity contribution in [3.05, 3.63) is 57.0 Å². The Morgan fingerprint density at radius 3 is 2.56 bits per heavy atom. The molecule has 0 aliphatic rings. The standard InChI is InChI=1S/C13H13N3O2/c1-8-11(12(18)16-13(14)15-8)6-9-2-4-10(7-17)5-3-9/h2-5,7H,6H2,1H3,(H3,14,15,16,18). The van der Waals surface area contributed by atoms with Crippen LogP contribution in [0.15, 0.2) is 29.1 Å². The monoisotopic (exact) mass is 243 g/mol. The number of aromatic amines is 1. The van der Waals surface area contributed by atoms with E-state index in [1.807, 2.05) is 12.1 Å². The summed E-state index contributed by atoms with van der Waals surface area (Å²) < 4.78 is 0. The number of anilines is 1. The Morgan fingerprint density at radius 2 is 2.00 bits per heavy atom. The summed E-state index contributed by atoms with van der Waals surface area (Å²) in [5.74, 6) is 0.123. The largest absolute Gasteiger partial charge is 0.369 e. The third-order valence-corrected chi connectivity index (χ3v) is 2.74. The van der Waals surface area contributed by atoms with Gasteiger partial charge in [0, 0.05) is 17.5 Å². The number of benzene rings is 1. The highest BCUT2D eigenvalue weighted by atomic mass is 16.1. The molecule has 0 unspecified atom stereocenters. The fourth-order valence-electron chi connectivity index (χ4n) is 1.76. The van der Waals surface area contributed by atoms with Crippen LogP contribution in [0.5, 0.6) is 0 Å². The Balaban J connectivity index is 2.33. The Hall–Kier alpha value is -2.43. The number of nitrogens with zero attached hydrogens (tertiary/aromatic N) is 1. The number of hydrogen-bond acceptors (Lipinski definition) is 4. The summed E-state index contributed by atoms with van der Waals surface area (Å²) >= 11 is 0. The maximum absolute atomic E-state index is 11.8. The van der Waals surface area contributed by atoms with Crippen molar-refractivity contribution in [2.75, 3.05) is 5.73 Å². The minimum atomic E-state index is -0.223. The lowest BCUT2D eigenvalue weighted by Crippen LogP contribution is -2.18. The van der Waals surface area contributed by atoms with Crippen molar-refractivity contribution in [1.82, 2.24) is 9.97 Å². The SMILES string of the molecule is Cc1nc(N)[nH]c(=O)c1Cc1ccc(C=O)cc1. The molecule has 5 nitrogen and oxygen atoms in total. The van der Waals surface area contributed by atoms with E-state index in [4.69, 9.17) is 5.73 Å². The summed E-state index contributed by atoms with van der Waals surface area (Å²) in [5, 5.41) is 0. The molecule has 1 heterocycles. The predicted molar refractivity (Wildman–Crippen MR) is 68.6 cm³/mol. The van der Waals surface area contributed by atoms with Crippen LogP contribution in [-0.2, 0) is 6.42 Å². The third kappa shape index (κ3) is 2.45. The summed E-state index contributed by atoms with van der Waals surface area (Å²) in [6.07, 6.45) is 1.25. The molecule has 5 heteroatoms. The number of rotatable bonds is 3. The summed E-state index contributed by atoms with van der Waals surface area (Å²) in [6.45, 7) is 1.75. The van der Waals surface area contributed by atoms with E-state index < -0.39 is 0 Å². The molecule has 0 saturated carbocycles. The number of aromatic nitrogens is 2. The number of aryl methyl sites for hydroxylation is 1. The number of aldehydes is 1. The number of nitrogen functional groups attached to an aromatic ring is 1. The minimum absolute atomic E-state index is 0.123. The molecule has 0 radical (unpaired) electrons. The van der Waals surface area contributed by atoms with Crippen molar-refractivity contribution in [2.45, 2.75) is 13.3 Å². The zero-order chi connectivity index (χ0) is 13.1. The summed E-state index contributed by atoms with van der Waals surface area (Å²) in [4.78, 5) is 28.8. The summed E-state index contributed by atoms with van der Waals surface area (Å²) in [7, 11) is 0. The highest BCUT2D eigenvalue weighted by Gasteiger charge is 2.07. The average Bonchev–Trinajstić information content (AvgIpc) is 2.34. The Bertz CT molecular complexity index is 630. The van der Waals surface area contributed by atoms with Gasteiger partial charge in [-0.25, -0.2) is 4.98 Å². The molecule has 0 amide bonds. The molecule has 0 atom stereocenters. The first-order valence-corrected chi connectivity index (χ1v) is 5.49. The lowest BCUT2D eigenvalue weighted by atomic mass is 10.0. The zero-order valence-electron chi connectivity index (χ0n) is 9.93. The van der Waals surface area contributed by atoms with Gasteiger partial charge in [-0.2, -0.15) is 0 Å². The van der Waals surface area contributed by atoms with Gasteiger partial charge in [-0.3, -0.25) is 14.6 Å². The van der Waals surface area contributed by atoms with Crippen molar-refractivity contribution in [3.63, 3.8) is 0 Å². The zero-order valence-corrected chi connectivity index (χ0v) is 9.93. The third-order valence-electron chi connectivity index (χ3n) is 2.74. The van der Waals surface area contributed by atoms with Crippen LogP contribution in [0.1, 0.15) is 27.2 Å². The second kappa shape index (κ2) is 4.83. The minimum Gasteiger partial charge on any atom is -0.369 e. The van der Waals surface area contributed by atoms with Crippen molar-refractivity contribution in [1.29, 1.82) is 0 Å². The van der Waals surface area contributed by atoms with Gasteiger partial charge in [0.15, 0.2) is 0 Å². The van der Waals surface area contributed by atoms with Crippen molar-refractivity contribution in [2.24, 2.45) is 0 Å². The molecule has 0 bridgehead atoms. The van der Waals surface area contributed by atoms with Crippen LogP contribution in [0.25, 0.3) is 0 Å². The lowest BCUT2D eigenvalue weighted by Gasteiger charge is -2.05. The molecule has 1 aromatic carbocycles. The lowest BCUT2D eigenvalue weighted by molar-refractivity contribution is 0.112. The number of hydrogen-bond donors (Lipinski definition) is 2. The second-order valence-electron chi connectivity index (χ2n) is 4.05. The van der Waals surface area contributed by atoms with Gasteiger partial charge < -0.3 is 5.73 Å². The van der Waals surface area contributed by atoms with Crippen LogP contribution in [0.4, 0.5) is 5.95 Å². The van der Waals surface area contributed by atoms with Gasteiger partial charge in [-0.05, 0) is 12.5 Å². The fraction of sp³-hybridized carbons (Fsp3) is 0.154. The number of H-pyrrole nitrogens is 1. The van der Waals surface area contributed by atoms with Gasteiger partial charge in [0.25, 0.3) is 5.56 Å². The Kier molecular flexibility index (Phi) is 3.23. The smallest absolute Gasteiger partial charge is 0.256 e. The molecule has 0 aliphatic carbocycles. The Morgan fingerprint density at radius 1 is 1.33 bits per heavy atom. The van der Waals surface area contributed by atoms with Gasteiger partial charge in [0.2, 0.25) is 5.95 Å². The molecule has 2 aromatic rings. The maximum atomic E-state index is 11.8. The van der Waals surface area contributed by atoms with Crippen molar-refractivity contribution >= 4 is 12.2 Å². The first-order chi connectivity index (χ1) is 8.60. The quantitative estimate of drug-likeness (QED) is 0.789. The van der Waals surface area contributed by atoms with Crippen molar-refractivity contribution in [3.8, 4) is 0 Å². The Labute approximate surface area is 104 Å². The molecule has 0 spiro atoms. The molecule has 2 rings (SSSR count). The van der Waals surface area contributed by atoms with Crippen LogP contribution in [0.3, 0.4) is 0 Å². The van der Waals surface area contributed by atoms with E-state index in [-0.39, 0.29) is 11.5 Å². The van der Waals surface area contributed by atoms with Crippen LogP contribution in [-0.4, -0.2) is 16.3 Å². The first-order valence-electron chi connectivity index (χ1n) is 5.49. The molecular formula is C13H13N3O2. The van der Waals surface area contributed by atoms with Crippen LogP contribution < -0.4 is 11.3 Å². The summed E-state index contributed by atoms with van der Waals surface area (Å²) in [6, 6.07) is 7.07. The van der Waals surface area contributed by atoms with Crippen LogP contribution in [0, 0.1) is 6.92 Å². The maximum Gasteiger partial charge on any atom is 0.256 e. The van der Waals surface area contributed by atoms with Gasteiger partial charge in [-0.15, -0.1) is 0 Å². The van der Waals surface area contributed by atoms with Gasteiger partial charge in [-0.1, -0.05) is 24.3 Å². The fourth-order valence-corrected chi connectivity index (χ4v) is 1.76. The van der Waals surface area contributed by atoms with E-state index >= 15 is 0 Å². The molecule has 0 fully saturated rings. The van der Waals surface area contributed by atoms with Crippen LogP contribution >= 0.6 is 0 Å². The molecule has 1 aromatic heterocycles. The van der Waals surface area contributed by atoms with Gasteiger partial charge in [0.05, 0.1) is 5.69 Å². The molecule has 0 saturated heterocycles. The molecule has 92 valence electrons. The average molecular weight is 243 g/mol. The van der Waals surface area contributed by atoms with Gasteiger partial charge >= 0.3 is 0 Å². The molecule has 18 heavy (non-hydrogen) atoms.